The van der Waals surface area contributed by atoms with Crippen molar-refractivity contribution in [3.8, 4) is 27.9 Å². The van der Waals surface area contributed by atoms with Gasteiger partial charge in [-0.1, -0.05) is 140 Å². The molecule has 0 bridgehead atoms. The first-order chi connectivity index (χ1) is 28.8. The zero-order valence-corrected chi connectivity index (χ0v) is 32.2. The third-order valence-corrected chi connectivity index (χ3v) is 12.8. The minimum Gasteiger partial charge on any atom is -0.454 e. The Bertz CT molecular complexity index is 3500. The van der Waals surface area contributed by atoms with Gasteiger partial charge in [0.1, 0.15) is 10.4 Å². The van der Waals surface area contributed by atoms with E-state index in [0.717, 1.165) is 39.0 Å². The maximum absolute atomic E-state index is 6.63. The summed E-state index contributed by atoms with van der Waals surface area (Å²) in [6.07, 6.45) is 0. The number of hydrogen-bond acceptors (Lipinski definition) is 3. The molecule has 0 fully saturated rings. The standard InChI is InChI=1S/C54H34N2OS/c1-2-14-39(15-3-1)56-48-21-8-6-18-46(48)52-47-34-38(28-33-51(47)58-54(52)56)35-24-29-40(30-25-35)55(49-22-11-20-45-44-17-7-9-23-50(44)57-53(45)49)41-31-26-37(27-32-41)43-19-10-13-36-12-4-5-16-42(36)43/h1-34H. The number of benzene rings is 9. The molecule has 0 saturated carbocycles. The lowest BCUT2D eigenvalue weighted by Gasteiger charge is -2.26. The second-order valence-corrected chi connectivity index (χ2v) is 15.9. The maximum atomic E-state index is 6.63. The second kappa shape index (κ2) is 13.1. The van der Waals surface area contributed by atoms with Crippen LogP contribution in [-0.2, 0) is 0 Å². The predicted octanol–water partition coefficient (Wildman–Crippen LogP) is 15.9. The highest BCUT2D eigenvalue weighted by Gasteiger charge is 2.21. The molecule has 0 aliphatic rings. The van der Waals surface area contributed by atoms with Crippen molar-refractivity contribution in [2.75, 3.05) is 4.90 Å². The Morgan fingerprint density at radius 1 is 0.448 bits per heavy atom. The van der Waals surface area contributed by atoms with E-state index in [2.05, 4.69) is 210 Å². The molecule has 12 rings (SSSR count). The Hall–Kier alpha value is -7.40. The van der Waals surface area contributed by atoms with Crippen LogP contribution >= 0.6 is 11.3 Å². The van der Waals surface area contributed by atoms with E-state index in [1.54, 1.807) is 0 Å². The average molecular weight is 759 g/mol. The molecule has 0 N–H and O–H groups in total. The molecule has 0 atom stereocenters. The Morgan fingerprint density at radius 2 is 1.09 bits per heavy atom. The molecule has 3 aromatic heterocycles. The van der Waals surface area contributed by atoms with Crippen molar-refractivity contribution in [2.45, 2.75) is 0 Å². The molecule has 3 heterocycles. The van der Waals surface area contributed by atoms with E-state index >= 15 is 0 Å². The molecule has 12 aromatic rings. The minimum absolute atomic E-state index is 0.868. The van der Waals surface area contributed by atoms with Gasteiger partial charge in [-0.3, -0.25) is 0 Å². The van der Waals surface area contributed by atoms with Crippen LogP contribution in [0.5, 0.6) is 0 Å². The molecule has 3 nitrogen and oxygen atoms in total. The van der Waals surface area contributed by atoms with E-state index in [1.807, 2.05) is 17.4 Å². The van der Waals surface area contributed by atoms with Gasteiger partial charge in [0.2, 0.25) is 0 Å². The summed E-state index contributed by atoms with van der Waals surface area (Å²) in [6.45, 7) is 0. The zero-order chi connectivity index (χ0) is 38.2. The normalized spacial score (nSPS) is 11.8. The van der Waals surface area contributed by atoms with Crippen molar-refractivity contribution < 1.29 is 4.42 Å². The molecule has 4 heteroatoms. The lowest BCUT2D eigenvalue weighted by atomic mass is 9.98. The van der Waals surface area contributed by atoms with E-state index in [9.17, 15) is 0 Å². The quantitative estimate of drug-likeness (QED) is 0.168. The number of rotatable bonds is 6. The molecule has 0 aliphatic carbocycles. The predicted molar refractivity (Wildman–Crippen MR) is 247 cm³/mol. The summed E-state index contributed by atoms with van der Waals surface area (Å²) in [5, 5.41) is 8.59. The fraction of sp³-hybridized carbons (Fsp3) is 0. The summed E-state index contributed by atoms with van der Waals surface area (Å²) < 4.78 is 10.3. The van der Waals surface area contributed by atoms with Crippen molar-refractivity contribution in [3.05, 3.63) is 206 Å². The third-order valence-electron chi connectivity index (χ3n) is 11.6. The number of furan rings is 1. The van der Waals surface area contributed by atoms with Gasteiger partial charge in [0.05, 0.1) is 11.2 Å². The maximum Gasteiger partial charge on any atom is 0.159 e. The molecule has 58 heavy (non-hydrogen) atoms. The lowest BCUT2D eigenvalue weighted by molar-refractivity contribution is 0.669. The van der Waals surface area contributed by atoms with Gasteiger partial charge in [-0.15, -0.1) is 11.3 Å². The molecule has 0 radical (unpaired) electrons. The zero-order valence-electron chi connectivity index (χ0n) is 31.3. The fourth-order valence-electron chi connectivity index (χ4n) is 8.91. The number of thiophene rings is 1. The fourth-order valence-corrected chi connectivity index (χ4v) is 10.1. The highest BCUT2D eigenvalue weighted by atomic mass is 32.1. The molecule has 272 valence electrons. The summed E-state index contributed by atoms with van der Waals surface area (Å²) >= 11 is 1.86. The summed E-state index contributed by atoms with van der Waals surface area (Å²) in [4.78, 5) is 3.60. The van der Waals surface area contributed by atoms with Crippen LogP contribution in [0.2, 0.25) is 0 Å². The Balaban J connectivity index is 0.984. The molecule has 0 spiro atoms. The first kappa shape index (κ1) is 32.8. The molecule has 0 saturated heterocycles. The number of nitrogens with zero attached hydrogens (tertiary/aromatic N) is 2. The van der Waals surface area contributed by atoms with Crippen molar-refractivity contribution in [1.29, 1.82) is 0 Å². The van der Waals surface area contributed by atoms with Gasteiger partial charge in [-0.2, -0.15) is 0 Å². The number of para-hydroxylation sites is 4. The van der Waals surface area contributed by atoms with Crippen LogP contribution in [0.4, 0.5) is 17.1 Å². The van der Waals surface area contributed by atoms with Gasteiger partial charge in [0.15, 0.2) is 5.58 Å². The van der Waals surface area contributed by atoms with Crippen LogP contribution < -0.4 is 4.90 Å². The third kappa shape index (κ3) is 5.12. The van der Waals surface area contributed by atoms with E-state index in [1.165, 1.54) is 69.9 Å². The first-order valence-electron chi connectivity index (χ1n) is 19.7. The summed E-state index contributed by atoms with van der Waals surface area (Å²) in [5.41, 5.74) is 12.1. The first-order valence-corrected chi connectivity index (χ1v) is 20.5. The molecular weight excluding hydrogens is 725 g/mol. The van der Waals surface area contributed by atoms with Crippen LogP contribution in [-0.4, -0.2) is 4.57 Å². The van der Waals surface area contributed by atoms with Crippen molar-refractivity contribution >= 4 is 92.3 Å². The Kier molecular flexibility index (Phi) is 7.40. The Morgan fingerprint density at radius 3 is 1.91 bits per heavy atom. The van der Waals surface area contributed by atoms with Crippen LogP contribution in [0.1, 0.15) is 0 Å². The van der Waals surface area contributed by atoms with E-state index < -0.39 is 0 Å². The van der Waals surface area contributed by atoms with Crippen molar-refractivity contribution in [3.63, 3.8) is 0 Å². The molecular formula is C54H34N2OS. The summed E-state index contributed by atoms with van der Waals surface area (Å²) in [5.74, 6) is 0. The van der Waals surface area contributed by atoms with Gasteiger partial charge < -0.3 is 13.9 Å². The largest absolute Gasteiger partial charge is 0.454 e. The highest BCUT2D eigenvalue weighted by molar-refractivity contribution is 7.25. The minimum atomic E-state index is 0.868. The number of anilines is 3. The van der Waals surface area contributed by atoms with E-state index in [4.69, 9.17) is 4.42 Å². The Labute approximate surface area is 338 Å². The number of fused-ring (bicyclic) bond motifs is 9. The topological polar surface area (TPSA) is 21.3 Å². The average Bonchev–Trinajstić information content (AvgIpc) is 3.96. The van der Waals surface area contributed by atoms with Crippen LogP contribution in [0.25, 0.3) is 91.9 Å². The highest BCUT2D eigenvalue weighted by Crippen LogP contribution is 2.45. The number of aromatic nitrogens is 1. The van der Waals surface area contributed by atoms with Crippen LogP contribution in [0, 0.1) is 0 Å². The molecule has 9 aromatic carbocycles. The van der Waals surface area contributed by atoms with E-state index in [0.29, 0.717) is 0 Å². The van der Waals surface area contributed by atoms with Gasteiger partial charge in [-0.25, -0.2) is 0 Å². The molecule has 0 amide bonds. The number of hydrogen-bond donors (Lipinski definition) is 0. The monoisotopic (exact) mass is 758 g/mol. The van der Waals surface area contributed by atoms with Crippen LogP contribution in [0.15, 0.2) is 211 Å². The smallest absolute Gasteiger partial charge is 0.159 e. The summed E-state index contributed by atoms with van der Waals surface area (Å²) in [6, 6.07) is 74.2. The SMILES string of the molecule is c1ccc(-n2c3ccccc3c3c4cc(-c5ccc(N(c6ccc(-c7cccc8ccccc78)cc6)c6cccc7c6oc6ccccc67)cc5)ccc4sc32)cc1. The lowest BCUT2D eigenvalue weighted by Crippen LogP contribution is -2.10. The van der Waals surface area contributed by atoms with Crippen molar-refractivity contribution in [1.82, 2.24) is 4.57 Å². The molecule has 0 aliphatic heterocycles. The van der Waals surface area contributed by atoms with Crippen LogP contribution in [0.3, 0.4) is 0 Å². The van der Waals surface area contributed by atoms with Gasteiger partial charge in [0.25, 0.3) is 0 Å². The van der Waals surface area contributed by atoms with Gasteiger partial charge in [0, 0.05) is 48.7 Å². The van der Waals surface area contributed by atoms with Gasteiger partial charge >= 0.3 is 0 Å². The van der Waals surface area contributed by atoms with Crippen molar-refractivity contribution in [2.24, 2.45) is 0 Å². The summed E-state index contributed by atoms with van der Waals surface area (Å²) in [7, 11) is 0. The molecule has 0 unspecified atom stereocenters. The van der Waals surface area contributed by atoms with E-state index in [-0.39, 0.29) is 0 Å². The second-order valence-electron chi connectivity index (χ2n) is 14.9. The van der Waals surface area contributed by atoms with Gasteiger partial charge in [-0.05, 0) is 99.8 Å².